The van der Waals surface area contributed by atoms with Crippen LogP contribution in [0.15, 0.2) is 12.1 Å². The van der Waals surface area contributed by atoms with Crippen LogP contribution in [0.5, 0.6) is 5.75 Å². The first-order valence-electron chi connectivity index (χ1n) is 7.06. The Bertz CT molecular complexity index is 615. The number of carbonyl (C=O) groups excluding carboxylic acids is 3. The van der Waals surface area contributed by atoms with Crippen LogP contribution in [0.2, 0.25) is 0 Å². The molecule has 0 fully saturated rings. The average Bonchev–Trinajstić information content (AvgIpc) is 2.81. The molecule has 1 aromatic rings. The van der Waals surface area contributed by atoms with E-state index in [0.717, 1.165) is 5.56 Å². The highest BCUT2D eigenvalue weighted by Gasteiger charge is 2.31. The molecule has 1 atom stereocenters. The molecule has 0 aromatic heterocycles. The fourth-order valence-electron chi connectivity index (χ4n) is 2.58. The van der Waals surface area contributed by atoms with Gasteiger partial charge in [0.25, 0.3) is 5.91 Å². The van der Waals surface area contributed by atoms with Crippen molar-refractivity contribution in [2.75, 3.05) is 0 Å². The fraction of sp³-hybridized carbons (Fsp3) is 0.400. The van der Waals surface area contributed by atoms with Crippen LogP contribution < -0.4 is 11.1 Å². The van der Waals surface area contributed by atoms with Crippen LogP contribution in [0.1, 0.15) is 41.3 Å². The second-order valence-electron chi connectivity index (χ2n) is 5.35. The lowest BCUT2D eigenvalue weighted by molar-refractivity contribution is -0.125. The zero-order chi connectivity index (χ0) is 16.3. The number of imide groups is 1. The van der Waals surface area contributed by atoms with Crippen molar-refractivity contribution in [2.24, 2.45) is 5.73 Å². The molecule has 0 saturated carbocycles. The summed E-state index contributed by atoms with van der Waals surface area (Å²) in [6, 6.07) is 3.04. The number of nitrogens with one attached hydrogen (secondary N) is 1. The third-order valence-corrected chi connectivity index (χ3v) is 3.90. The molecule has 3 amide bonds. The summed E-state index contributed by atoms with van der Waals surface area (Å²) < 4.78 is 0. The van der Waals surface area contributed by atoms with Crippen molar-refractivity contribution in [1.29, 1.82) is 0 Å². The topological polar surface area (TPSA) is 113 Å². The highest BCUT2D eigenvalue weighted by atomic mass is 16.3. The van der Waals surface area contributed by atoms with Gasteiger partial charge in [-0.1, -0.05) is 0 Å². The normalized spacial score (nSPS) is 14.6. The van der Waals surface area contributed by atoms with Gasteiger partial charge in [0.05, 0.1) is 0 Å². The fourth-order valence-corrected chi connectivity index (χ4v) is 2.58. The van der Waals surface area contributed by atoms with Crippen LogP contribution in [-0.2, 0) is 22.7 Å². The maximum absolute atomic E-state index is 12.4. The van der Waals surface area contributed by atoms with Crippen molar-refractivity contribution in [3.63, 3.8) is 0 Å². The van der Waals surface area contributed by atoms with Gasteiger partial charge in [0.2, 0.25) is 12.3 Å². The summed E-state index contributed by atoms with van der Waals surface area (Å²) in [7, 11) is 0. The van der Waals surface area contributed by atoms with E-state index < -0.39 is 0 Å². The number of phenols is 1. The van der Waals surface area contributed by atoms with Crippen LogP contribution in [0.25, 0.3) is 0 Å². The smallest absolute Gasteiger partial charge is 0.254 e. The van der Waals surface area contributed by atoms with Gasteiger partial charge in [-0.25, -0.2) is 0 Å². The number of fused-ring (bicyclic) bond motifs is 1. The van der Waals surface area contributed by atoms with Gasteiger partial charge in [0.1, 0.15) is 5.75 Å². The van der Waals surface area contributed by atoms with Crippen molar-refractivity contribution >= 4 is 18.2 Å². The molecule has 0 spiro atoms. The summed E-state index contributed by atoms with van der Waals surface area (Å²) in [5, 5.41) is 11.9. The Morgan fingerprint density at radius 1 is 1.55 bits per heavy atom. The molecular formula is C15H19N3O4. The number of hydrogen-bond acceptors (Lipinski definition) is 5. The highest BCUT2D eigenvalue weighted by Crippen LogP contribution is 2.31. The molecule has 7 heteroatoms. The number of amides is 3. The molecule has 0 saturated heterocycles. The monoisotopic (exact) mass is 305 g/mol. The van der Waals surface area contributed by atoms with E-state index in [0.29, 0.717) is 30.5 Å². The predicted octanol–water partition coefficient (Wildman–Crippen LogP) is 0.248. The van der Waals surface area contributed by atoms with E-state index in [4.69, 9.17) is 5.73 Å². The molecule has 118 valence electrons. The zero-order valence-electron chi connectivity index (χ0n) is 12.3. The molecule has 4 N–H and O–H groups in total. The van der Waals surface area contributed by atoms with Gasteiger partial charge in [0.15, 0.2) is 0 Å². The quantitative estimate of drug-likeness (QED) is 0.652. The summed E-state index contributed by atoms with van der Waals surface area (Å²) in [6.45, 7) is 2.48. The van der Waals surface area contributed by atoms with Crippen LogP contribution in [0.4, 0.5) is 0 Å². The number of phenolic OH excluding ortho intramolecular Hbond substituents is 1. The third kappa shape index (κ3) is 3.09. The van der Waals surface area contributed by atoms with Crippen molar-refractivity contribution in [3.05, 3.63) is 28.8 Å². The van der Waals surface area contributed by atoms with Crippen LogP contribution in [0.3, 0.4) is 0 Å². The van der Waals surface area contributed by atoms with E-state index in [1.54, 1.807) is 11.0 Å². The minimum absolute atomic E-state index is 0.0227. The van der Waals surface area contributed by atoms with Gasteiger partial charge in [0, 0.05) is 36.7 Å². The molecule has 0 aliphatic carbocycles. The summed E-state index contributed by atoms with van der Waals surface area (Å²) in [5.74, 6) is -0.513. The van der Waals surface area contributed by atoms with Gasteiger partial charge >= 0.3 is 0 Å². The summed E-state index contributed by atoms with van der Waals surface area (Å²) in [6.07, 6.45) is 0.968. The van der Waals surface area contributed by atoms with Crippen LogP contribution in [-0.4, -0.2) is 34.3 Å². The number of hydrogen-bond donors (Lipinski definition) is 3. The molecular weight excluding hydrogens is 286 g/mol. The molecule has 0 radical (unpaired) electrons. The van der Waals surface area contributed by atoms with E-state index in [1.807, 2.05) is 6.92 Å². The Labute approximate surface area is 128 Å². The van der Waals surface area contributed by atoms with Gasteiger partial charge in [-0.3, -0.25) is 19.7 Å². The SMILES string of the molecule is CC(CCC(=O)NC=O)N1Cc2cc(CN)c(O)cc2C1=O. The number of aromatic hydroxyl groups is 1. The third-order valence-electron chi connectivity index (χ3n) is 3.90. The summed E-state index contributed by atoms with van der Waals surface area (Å²) in [5.41, 5.74) is 7.45. The first kappa shape index (κ1) is 16.0. The molecule has 2 rings (SSSR count). The standard InChI is InChI=1S/C15H19N3O4/c1-9(2-3-14(21)17-8-19)18-7-11-4-10(6-16)13(20)5-12(11)15(18)22/h4-5,8-9,20H,2-3,6-7,16H2,1H3,(H,17,19,21). The first-order valence-corrected chi connectivity index (χ1v) is 7.06. The number of benzene rings is 1. The van der Waals surface area contributed by atoms with Gasteiger partial charge in [-0.2, -0.15) is 0 Å². The van der Waals surface area contributed by atoms with Crippen molar-refractivity contribution in [1.82, 2.24) is 10.2 Å². The van der Waals surface area contributed by atoms with E-state index in [-0.39, 0.29) is 36.6 Å². The second-order valence-corrected chi connectivity index (χ2v) is 5.35. The lowest BCUT2D eigenvalue weighted by atomic mass is 10.1. The molecule has 7 nitrogen and oxygen atoms in total. The molecule has 1 aliphatic rings. The number of nitrogens with two attached hydrogens (primary N) is 1. The van der Waals surface area contributed by atoms with Gasteiger partial charge in [-0.15, -0.1) is 0 Å². The zero-order valence-corrected chi connectivity index (χ0v) is 12.3. The Balaban J connectivity index is 2.07. The Morgan fingerprint density at radius 3 is 2.91 bits per heavy atom. The van der Waals surface area contributed by atoms with E-state index in [2.05, 4.69) is 5.32 Å². The van der Waals surface area contributed by atoms with Crippen LogP contribution in [0, 0.1) is 0 Å². The number of carbonyl (C=O) groups is 3. The molecule has 1 aliphatic heterocycles. The minimum Gasteiger partial charge on any atom is -0.508 e. The minimum atomic E-state index is -0.367. The van der Waals surface area contributed by atoms with Crippen molar-refractivity contribution in [3.8, 4) is 5.75 Å². The van der Waals surface area contributed by atoms with E-state index >= 15 is 0 Å². The van der Waals surface area contributed by atoms with Crippen molar-refractivity contribution < 1.29 is 19.5 Å². The lowest BCUT2D eigenvalue weighted by Crippen LogP contribution is -2.34. The van der Waals surface area contributed by atoms with Gasteiger partial charge < -0.3 is 15.7 Å². The Morgan fingerprint density at radius 2 is 2.27 bits per heavy atom. The maximum Gasteiger partial charge on any atom is 0.254 e. The second kappa shape index (κ2) is 6.57. The van der Waals surface area contributed by atoms with Gasteiger partial charge in [-0.05, 0) is 31.0 Å². The van der Waals surface area contributed by atoms with E-state index in [1.165, 1.54) is 6.07 Å². The molecule has 0 bridgehead atoms. The Hall–Kier alpha value is -2.41. The van der Waals surface area contributed by atoms with Crippen molar-refractivity contribution in [2.45, 2.75) is 38.9 Å². The lowest BCUT2D eigenvalue weighted by Gasteiger charge is -2.23. The summed E-state index contributed by atoms with van der Waals surface area (Å²) >= 11 is 0. The summed E-state index contributed by atoms with van der Waals surface area (Å²) in [4.78, 5) is 35.5. The predicted molar refractivity (Wildman–Crippen MR) is 78.8 cm³/mol. The maximum atomic E-state index is 12.4. The van der Waals surface area contributed by atoms with E-state index in [9.17, 15) is 19.5 Å². The molecule has 22 heavy (non-hydrogen) atoms. The van der Waals surface area contributed by atoms with Crippen LogP contribution >= 0.6 is 0 Å². The number of rotatable bonds is 6. The highest BCUT2D eigenvalue weighted by molar-refractivity contribution is 5.99. The molecule has 1 aromatic carbocycles. The Kier molecular flexibility index (Phi) is 4.77. The molecule has 1 heterocycles. The number of nitrogens with zero attached hydrogens (tertiary/aromatic N) is 1. The first-order chi connectivity index (χ1) is 10.5. The molecule has 1 unspecified atom stereocenters. The average molecular weight is 305 g/mol. The largest absolute Gasteiger partial charge is 0.508 e.